The Bertz CT molecular complexity index is 293. The van der Waals surface area contributed by atoms with Gasteiger partial charge in [-0.1, -0.05) is 19.1 Å². The average molecular weight is 304 g/mol. The Kier molecular flexibility index (Phi) is 5.11. The molecular formula is C11H13IO2. The number of Topliss-reactive ketones (excluding diaryl/α,β-unsaturated/α-hetero) is 1. The van der Waals surface area contributed by atoms with Gasteiger partial charge in [-0.05, 0) is 41.1 Å². The van der Waals surface area contributed by atoms with Gasteiger partial charge in [-0.15, -0.1) is 0 Å². The number of ether oxygens (including phenoxy) is 1. The van der Waals surface area contributed by atoms with Gasteiger partial charge in [0.05, 0.1) is 0 Å². The lowest BCUT2D eigenvalue weighted by Gasteiger charge is -2.01. The van der Waals surface area contributed by atoms with Crippen molar-refractivity contribution >= 4 is 28.4 Å². The van der Waals surface area contributed by atoms with Gasteiger partial charge in [-0.2, -0.15) is 0 Å². The van der Waals surface area contributed by atoms with Crippen LogP contribution in [-0.4, -0.2) is 19.0 Å². The molecule has 0 spiro atoms. The van der Waals surface area contributed by atoms with Crippen LogP contribution in [0.2, 0.25) is 0 Å². The van der Waals surface area contributed by atoms with E-state index in [-0.39, 0.29) is 12.4 Å². The van der Waals surface area contributed by atoms with Gasteiger partial charge in [0.15, 0.2) is 5.78 Å². The predicted octanol–water partition coefficient (Wildman–Crippen LogP) is 2.90. The highest BCUT2D eigenvalue weighted by atomic mass is 127. The zero-order valence-electron chi connectivity index (χ0n) is 8.13. The Morgan fingerprint density at radius 3 is 2.57 bits per heavy atom. The number of halogens is 1. The molecule has 0 aliphatic carbocycles. The minimum atomic E-state index is 0.0508. The molecule has 1 rings (SSSR count). The lowest BCUT2D eigenvalue weighted by Crippen LogP contribution is -2.09. The fourth-order valence-corrected chi connectivity index (χ4v) is 1.39. The summed E-state index contributed by atoms with van der Waals surface area (Å²) in [4.78, 5) is 11.5. The number of carbonyl (C=O) groups excluding carboxylic acids is 1. The number of benzene rings is 1. The summed E-state index contributed by atoms with van der Waals surface area (Å²) < 4.78 is 6.31. The highest BCUT2D eigenvalue weighted by Crippen LogP contribution is 2.07. The minimum Gasteiger partial charge on any atom is -0.373 e. The van der Waals surface area contributed by atoms with E-state index in [1.54, 1.807) is 0 Å². The van der Waals surface area contributed by atoms with E-state index < -0.39 is 0 Å². The van der Waals surface area contributed by atoms with E-state index in [1.165, 1.54) is 0 Å². The van der Waals surface area contributed by atoms with Crippen molar-refractivity contribution in [1.29, 1.82) is 0 Å². The lowest BCUT2D eigenvalue weighted by atomic mass is 10.1. The van der Waals surface area contributed by atoms with Crippen molar-refractivity contribution in [3.63, 3.8) is 0 Å². The molecule has 0 saturated heterocycles. The normalized spacial score (nSPS) is 10.1. The van der Waals surface area contributed by atoms with E-state index in [0.29, 0.717) is 6.61 Å². The van der Waals surface area contributed by atoms with Gasteiger partial charge < -0.3 is 4.74 Å². The maximum atomic E-state index is 11.5. The first kappa shape index (κ1) is 11.7. The van der Waals surface area contributed by atoms with E-state index in [1.807, 2.05) is 31.2 Å². The molecule has 0 unspecified atom stereocenters. The molecule has 0 aliphatic heterocycles. The van der Waals surface area contributed by atoms with Crippen molar-refractivity contribution in [2.24, 2.45) is 0 Å². The topological polar surface area (TPSA) is 26.3 Å². The van der Waals surface area contributed by atoms with Crippen molar-refractivity contribution in [3.8, 4) is 0 Å². The van der Waals surface area contributed by atoms with Crippen LogP contribution in [0.1, 0.15) is 23.7 Å². The van der Waals surface area contributed by atoms with Crippen molar-refractivity contribution in [2.75, 3.05) is 13.2 Å². The SMILES string of the molecule is CCCOCC(=O)c1ccc(I)cc1. The molecule has 3 heteroatoms. The van der Waals surface area contributed by atoms with Crippen LogP contribution < -0.4 is 0 Å². The number of carbonyl (C=O) groups is 1. The third kappa shape index (κ3) is 3.75. The number of ketones is 1. The molecule has 0 fully saturated rings. The van der Waals surface area contributed by atoms with Crippen LogP contribution in [0.3, 0.4) is 0 Å². The maximum Gasteiger partial charge on any atom is 0.188 e. The van der Waals surface area contributed by atoms with Crippen LogP contribution in [-0.2, 0) is 4.74 Å². The first-order chi connectivity index (χ1) is 6.74. The maximum absolute atomic E-state index is 11.5. The van der Waals surface area contributed by atoms with Crippen molar-refractivity contribution in [1.82, 2.24) is 0 Å². The Morgan fingerprint density at radius 1 is 1.36 bits per heavy atom. The fraction of sp³-hybridized carbons (Fsp3) is 0.364. The zero-order valence-corrected chi connectivity index (χ0v) is 10.3. The quantitative estimate of drug-likeness (QED) is 0.475. The Hall–Kier alpha value is -0.420. The number of hydrogen-bond acceptors (Lipinski definition) is 2. The van der Waals surface area contributed by atoms with Crippen molar-refractivity contribution in [3.05, 3.63) is 33.4 Å². The molecule has 0 atom stereocenters. The molecule has 0 bridgehead atoms. The highest BCUT2D eigenvalue weighted by molar-refractivity contribution is 14.1. The van der Waals surface area contributed by atoms with Crippen LogP contribution in [0.25, 0.3) is 0 Å². The molecule has 14 heavy (non-hydrogen) atoms. The van der Waals surface area contributed by atoms with Gasteiger partial charge in [0, 0.05) is 15.7 Å². The smallest absolute Gasteiger partial charge is 0.188 e. The van der Waals surface area contributed by atoms with E-state index in [4.69, 9.17) is 4.74 Å². The van der Waals surface area contributed by atoms with Crippen LogP contribution in [0, 0.1) is 3.57 Å². The van der Waals surface area contributed by atoms with Crippen LogP contribution >= 0.6 is 22.6 Å². The van der Waals surface area contributed by atoms with Gasteiger partial charge in [0.2, 0.25) is 0 Å². The monoisotopic (exact) mass is 304 g/mol. The lowest BCUT2D eigenvalue weighted by molar-refractivity contribution is 0.0761. The Labute approximate surface area is 97.8 Å². The van der Waals surface area contributed by atoms with Gasteiger partial charge in [-0.25, -0.2) is 0 Å². The zero-order chi connectivity index (χ0) is 10.4. The van der Waals surface area contributed by atoms with Gasteiger partial charge >= 0.3 is 0 Å². The fourth-order valence-electron chi connectivity index (χ4n) is 1.03. The van der Waals surface area contributed by atoms with Gasteiger partial charge in [0.25, 0.3) is 0 Å². The van der Waals surface area contributed by atoms with E-state index >= 15 is 0 Å². The van der Waals surface area contributed by atoms with Gasteiger partial charge in [-0.3, -0.25) is 4.79 Å². The Morgan fingerprint density at radius 2 is 2.00 bits per heavy atom. The molecule has 0 amide bonds. The summed E-state index contributed by atoms with van der Waals surface area (Å²) in [5.41, 5.74) is 0.724. The highest BCUT2D eigenvalue weighted by Gasteiger charge is 2.04. The molecule has 0 N–H and O–H groups in total. The van der Waals surface area contributed by atoms with Crippen molar-refractivity contribution in [2.45, 2.75) is 13.3 Å². The van der Waals surface area contributed by atoms with Gasteiger partial charge in [0.1, 0.15) is 6.61 Å². The molecule has 0 heterocycles. The molecule has 0 radical (unpaired) electrons. The minimum absolute atomic E-state index is 0.0508. The third-order valence-corrected chi connectivity index (χ3v) is 2.47. The number of hydrogen-bond donors (Lipinski definition) is 0. The second-order valence-corrected chi connectivity index (χ2v) is 4.23. The van der Waals surface area contributed by atoms with Crippen LogP contribution in [0.5, 0.6) is 0 Å². The van der Waals surface area contributed by atoms with Crippen molar-refractivity contribution < 1.29 is 9.53 Å². The standard InChI is InChI=1S/C11H13IO2/c1-2-7-14-8-11(13)9-3-5-10(12)6-4-9/h3-6H,2,7-8H2,1H3. The molecule has 76 valence electrons. The average Bonchev–Trinajstić information content (AvgIpc) is 2.19. The first-order valence-corrected chi connectivity index (χ1v) is 5.68. The number of rotatable bonds is 5. The molecule has 0 aliphatic rings. The summed E-state index contributed by atoms with van der Waals surface area (Å²) in [7, 11) is 0. The molecule has 1 aromatic carbocycles. The first-order valence-electron chi connectivity index (χ1n) is 4.60. The second-order valence-electron chi connectivity index (χ2n) is 2.98. The Balaban J connectivity index is 2.48. The molecule has 0 saturated carbocycles. The van der Waals surface area contributed by atoms with E-state index in [2.05, 4.69) is 22.6 Å². The summed E-state index contributed by atoms with van der Waals surface area (Å²) in [6, 6.07) is 7.51. The van der Waals surface area contributed by atoms with Crippen LogP contribution in [0.15, 0.2) is 24.3 Å². The largest absolute Gasteiger partial charge is 0.373 e. The summed E-state index contributed by atoms with van der Waals surface area (Å²) >= 11 is 2.21. The second kappa shape index (κ2) is 6.14. The molecular weight excluding hydrogens is 291 g/mol. The van der Waals surface area contributed by atoms with E-state index in [0.717, 1.165) is 15.6 Å². The molecule has 0 aromatic heterocycles. The van der Waals surface area contributed by atoms with Crippen LogP contribution in [0.4, 0.5) is 0 Å². The summed E-state index contributed by atoms with van der Waals surface area (Å²) in [6.45, 7) is 2.86. The summed E-state index contributed by atoms with van der Waals surface area (Å²) in [5, 5.41) is 0. The molecule has 2 nitrogen and oxygen atoms in total. The summed E-state index contributed by atoms with van der Waals surface area (Å²) in [6.07, 6.45) is 0.944. The predicted molar refractivity (Wildman–Crippen MR) is 64.6 cm³/mol. The molecule has 1 aromatic rings. The third-order valence-electron chi connectivity index (χ3n) is 1.75. The van der Waals surface area contributed by atoms with E-state index in [9.17, 15) is 4.79 Å². The summed E-state index contributed by atoms with van der Waals surface area (Å²) in [5.74, 6) is 0.0508.